The summed E-state index contributed by atoms with van der Waals surface area (Å²) in [5.41, 5.74) is 1.65. The van der Waals surface area contributed by atoms with Crippen LogP contribution in [0.5, 0.6) is 0 Å². The Kier molecular flexibility index (Phi) is 6.58. The zero-order valence-corrected chi connectivity index (χ0v) is 17.0. The van der Waals surface area contributed by atoms with Crippen LogP contribution in [0, 0.1) is 12.7 Å². The van der Waals surface area contributed by atoms with Crippen LogP contribution in [0.25, 0.3) is 11.3 Å². The Balaban J connectivity index is 1.73. The second-order valence-corrected chi connectivity index (χ2v) is 7.35. The third kappa shape index (κ3) is 5.51. The third-order valence-electron chi connectivity index (χ3n) is 3.87. The normalized spacial score (nSPS) is 10.5. The number of aromatic nitrogens is 3. The predicted molar refractivity (Wildman–Crippen MR) is 113 cm³/mol. The maximum atomic E-state index is 13.2. The first-order valence-corrected chi connectivity index (χ1v) is 9.84. The lowest BCUT2D eigenvalue weighted by molar-refractivity contribution is -0.114. The molecule has 3 aromatic rings. The number of carbonyl (C=O) groups excluding carboxylic acids is 2. The van der Waals surface area contributed by atoms with Gasteiger partial charge in [-0.25, -0.2) is 4.39 Å². The summed E-state index contributed by atoms with van der Waals surface area (Å²) in [4.78, 5) is 38.6. The quantitative estimate of drug-likeness (QED) is 0.521. The van der Waals surface area contributed by atoms with Crippen molar-refractivity contribution in [3.05, 3.63) is 64.2 Å². The Bertz CT molecular complexity index is 1170. The number of aromatic amines is 1. The van der Waals surface area contributed by atoms with Gasteiger partial charge in [0, 0.05) is 18.2 Å². The molecular formula is C20H18FN5O3S. The minimum absolute atomic E-state index is 0.0519. The number of thioether (sulfide) groups is 1. The van der Waals surface area contributed by atoms with E-state index < -0.39 is 11.4 Å². The number of anilines is 2. The van der Waals surface area contributed by atoms with Gasteiger partial charge < -0.3 is 10.6 Å². The van der Waals surface area contributed by atoms with Gasteiger partial charge in [0.25, 0.3) is 5.56 Å². The van der Waals surface area contributed by atoms with Gasteiger partial charge in [-0.05, 0) is 37.3 Å². The molecule has 0 spiro atoms. The van der Waals surface area contributed by atoms with Crippen LogP contribution < -0.4 is 16.2 Å². The first kappa shape index (κ1) is 21.2. The summed E-state index contributed by atoms with van der Waals surface area (Å²) in [7, 11) is 0. The Morgan fingerprint density at radius 2 is 1.93 bits per heavy atom. The molecule has 0 bridgehead atoms. The lowest BCUT2D eigenvalue weighted by Gasteiger charge is -2.10. The van der Waals surface area contributed by atoms with Crippen LogP contribution in [-0.4, -0.2) is 32.7 Å². The largest absolute Gasteiger partial charge is 0.326 e. The van der Waals surface area contributed by atoms with Crippen LogP contribution in [0.3, 0.4) is 0 Å². The standard InChI is InChI=1S/C20H18FN5O3S/c1-11-6-7-16(22-12(2)27)15(8-11)18-19(29)24-20(26-25-18)30-10-17(28)23-14-5-3-4-13(21)9-14/h3-9H,10H2,1-2H3,(H,22,27)(H,23,28)(H,24,26,29). The smallest absolute Gasteiger partial charge is 0.278 e. The number of H-pyrrole nitrogens is 1. The minimum Gasteiger partial charge on any atom is -0.326 e. The lowest BCUT2D eigenvalue weighted by Crippen LogP contribution is -2.18. The van der Waals surface area contributed by atoms with Crippen LogP contribution in [0.2, 0.25) is 0 Å². The maximum Gasteiger partial charge on any atom is 0.278 e. The first-order chi connectivity index (χ1) is 14.3. The summed E-state index contributed by atoms with van der Waals surface area (Å²) in [6, 6.07) is 10.7. The Morgan fingerprint density at radius 3 is 2.63 bits per heavy atom. The van der Waals surface area contributed by atoms with Crippen molar-refractivity contribution < 1.29 is 14.0 Å². The molecule has 3 rings (SSSR count). The molecule has 0 radical (unpaired) electrons. The molecule has 0 saturated carbocycles. The molecule has 30 heavy (non-hydrogen) atoms. The fourth-order valence-electron chi connectivity index (χ4n) is 2.61. The number of halogens is 1. The van der Waals surface area contributed by atoms with E-state index in [1.165, 1.54) is 25.1 Å². The third-order valence-corrected chi connectivity index (χ3v) is 4.73. The van der Waals surface area contributed by atoms with Crippen LogP contribution in [-0.2, 0) is 9.59 Å². The van der Waals surface area contributed by atoms with E-state index in [9.17, 15) is 18.8 Å². The highest BCUT2D eigenvalue weighted by atomic mass is 32.2. The average molecular weight is 427 g/mol. The van der Waals surface area contributed by atoms with E-state index in [0.717, 1.165) is 17.3 Å². The van der Waals surface area contributed by atoms with Gasteiger partial charge >= 0.3 is 0 Å². The Hall–Kier alpha value is -3.53. The molecular weight excluding hydrogens is 409 g/mol. The molecule has 0 saturated heterocycles. The summed E-state index contributed by atoms with van der Waals surface area (Å²) < 4.78 is 13.2. The molecule has 3 N–H and O–H groups in total. The number of benzene rings is 2. The molecule has 0 unspecified atom stereocenters. The number of aryl methyl sites for hydroxylation is 1. The summed E-state index contributed by atoms with van der Waals surface area (Å²) in [6.45, 7) is 3.22. The van der Waals surface area contributed by atoms with Crippen molar-refractivity contribution >= 4 is 35.0 Å². The molecule has 0 aliphatic heterocycles. The molecule has 2 amide bonds. The van der Waals surface area contributed by atoms with E-state index in [1.807, 2.05) is 6.92 Å². The van der Waals surface area contributed by atoms with Crippen molar-refractivity contribution in [1.29, 1.82) is 0 Å². The highest BCUT2D eigenvalue weighted by molar-refractivity contribution is 7.99. The van der Waals surface area contributed by atoms with Crippen LogP contribution in [0.1, 0.15) is 12.5 Å². The summed E-state index contributed by atoms with van der Waals surface area (Å²) >= 11 is 0.983. The van der Waals surface area contributed by atoms with Crippen molar-refractivity contribution in [1.82, 2.24) is 15.2 Å². The van der Waals surface area contributed by atoms with Gasteiger partial charge in [0.15, 0.2) is 10.9 Å². The van der Waals surface area contributed by atoms with E-state index in [-0.39, 0.29) is 28.4 Å². The Morgan fingerprint density at radius 1 is 1.13 bits per heavy atom. The monoisotopic (exact) mass is 427 g/mol. The average Bonchev–Trinajstić information content (AvgIpc) is 2.68. The molecule has 10 heteroatoms. The predicted octanol–water partition coefficient (Wildman–Crippen LogP) is 2.97. The van der Waals surface area contributed by atoms with Gasteiger partial charge in [0.05, 0.1) is 11.4 Å². The van der Waals surface area contributed by atoms with Crippen LogP contribution in [0.15, 0.2) is 52.4 Å². The highest BCUT2D eigenvalue weighted by Crippen LogP contribution is 2.25. The zero-order chi connectivity index (χ0) is 21.7. The van der Waals surface area contributed by atoms with Crippen molar-refractivity contribution in [2.75, 3.05) is 16.4 Å². The van der Waals surface area contributed by atoms with Gasteiger partial charge in [0.1, 0.15) is 5.82 Å². The molecule has 0 aliphatic rings. The fourth-order valence-corrected chi connectivity index (χ4v) is 3.22. The number of hydrogen-bond donors (Lipinski definition) is 3. The highest BCUT2D eigenvalue weighted by Gasteiger charge is 2.14. The van der Waals surface area contributed by atoms with Crippen molar-refractivity contribution in [3.63, 3.8) is 0 Å². The number of nitrogens with one attached hydrogen (secondary N) is 3. The van der Waals surface area contributed by atoms with E-state index >= 15 is 0 Å². The summed E-state index contributed by atoms with van der Waals surface area (Å²) in [5, 5.41) is 13.3. The second kappa shape index (κ2) is 9.31. The van der Waals surface area contributed by atoms with Gasteiger partial charge in [-0.15, -0.1) is 10.2 Å². The Labute approximate surface area is 175 Å². The van der Waals surface area contributed by atoms with E-state index in [0.29, 0.717) is 16.9 Å². The van der Waals surface area contributed by atoms with E-state index in [2.05, 4.69) is 25.8 Å². The number of rotatable bonds is 6. The fraction of sp³-hybridized carbons (Fsp3) is 0.150. The molecule has 0 fully saturated rings. The molecule has 0 aliphatic carbocycles. The molecule has 2 aromatic carbocycles. The minimum atomic E-state index is -0.504. The van der Waals surface area contributed by atoms with E-state index in [4.69, 9.17) is 0 Å². The van der Waals surface area contributed by atoms with Gasteiger partial charge in [0.2, 0.25) is 11.8 Å². The maximum absolute atomic E-state index is 13.2. The molecule has 0 atom stereocenters. The molecule has 154 valence electrons. The first-order valence-electron chi connectivity index (χ1n) is 8.85. The van der Waals surface area contributed by atoms with Crippen molar-refractivity contribution in [3.8, 4) is 11.3 Å². The number of hydrogen-bond acceptors (Lipinski definition) is 6. The molecule has 1 aromatic heterocycles. The second-order valence-electron chi connectivity index (χ2n) is 6.39. The van der Waals surface area contributed by atoms with Crippen LogP contribution >= 0.6 is 11.8 Å². The number of nitrogens with zero attached hydrogens (tertiary/aromatic N) is 2. The lowest BCUT2D eigenvalue weighted by atomic mass is 10.1. The van der Waals surface area contributed by atoms with Gasteiger partial charge in [-0.2, -0.15) is 0 Å². The summed E-state index contributed by atoms with van der Waals surface area (Å²) in [6.07, 6.45) is 0. The summed E-state index contributed by atoms with van der Waals surface area (Å²) in [5.74, 6) is -1.17. The number of carbonyl (C=O) groups is 2. The van der Waals surface area contributed by atoms with Crippen LogP contribution in [0.4, 0.5) is 15.8 Å². The van der Waals surface area contributed by atoms with Gasteiger partial charge in [-0.1, -0.05) is 29.5 Å². The molecule has 8 nitrogen and oxygen atoms in total. The zero-order valence-electron chi connectivity index (χ0n) is 16.2. The SMILES string of the molecule is CC(=O)Nc1ccc(C)cc1-c1nnc(SCC(=O)Nc2cccc(F)c2)[nH]c1=O. The van der Waals surface area contributed by atoms with Crippen molar-refractivity contribution in [2.24, 2.45) is 0 Å². The van der Waals surface area contributed by atoms with Crippen molar-refractivity contribution in [2.45, 2.75) is 19.0 Å². The topological polar surface area (TPSA) is 117 Å². The number of amides is 2. The van der Waals surface area contributed by atoms with E-state index in [1.54, 1.807) is 24.3 Å². The molecule has 1 heterocycles. The van der Waals surface area contributed by atoms with Gasteiger partial charge in [-0.3, -0.25) is 19.4 Å².